The van der Waals surface area contributed by atoms with Crippen molar-refractivity contribution in [3.63, 3.8) is 0 Å². The van der Waals surface area contributed by atoms with Crippen LogP contribution in [-0.4, -0.2) is 50.0 Å². The fraction of sp³-hybridized carbons (Fsp3) is 0.412. The number of sulfonamides is 1. The van der Waals surface area contributed by atoms with Crippen LogP contribution >= 0.6 is 0 Å². The van der Waals surface area contributed by atoms with Crippen LogP contribution in [0, 0.1) is 6.92 Å². The molecule has 8 heteroatoms. The number of anilines is 1. The van der Waals surface area contributed by atoms with E-state index < -0.39 is 16.1 Å². The zero-order chi connectivity index (χ0) is 30.7. The normalized spacial score (nSPS) is 12.8. The first-order chi connectivity index (χ1) is 20.0. The smallest absolute Gasteiger partial charge is 0.243 e. The first-order valence-electron chi connectivity index (χ1n) is 14.8. The van der Waals surface area contributed by atoms with Gasteiger partial charge in [-0.1, -0.05) is 80.6 Å². The van der Waals surface area contributed by atoms with Crippen molar-refractivity contribution in [2.75, 3.05) is 17.1 Å². The maximum atomic E-state index is 14.0. The van der Waals surface area contributed by atoms with Crippen LogP contribution in [0.25, 0.3) is 0 Å². The summed E-state index contributed by atoms with van der Waals surface area (Å²) in [5.41, 5.74) is 4.66. The van der Waals surface area contributed by atoms with Gasteiger partial charge < -0.3 is 10.2 Å². The van der Waals surface area contributed by atoms with Crippen LogP contribution in [0.4, 0.5) is 5.69 Å². The number of aryl methyl sites for hydroxylation is 2. The highest BCUT2D eigenvalue weighted by atomic mass is 32.2. The van der Waals surface area contributed by atoms with Gasteiger partial charge >= 0.3 is 0 Å². The van der Waals surface area contributed by atoms with Crippen molar-refractivity contribution in [2.45, 2.75) is 78.4 Å². The van der Waals surface area contributed by atoms with Gasteiger partial charge in [-0.05, 0) is 67.5 Å². The quantitative estimate of drug-likeness (QED) is 0.247. The van der Waals surface area contributed by atoms with Crippen molar-refractivity contribution in [3.8, 4) is 0 Å². The number of carbonyl (C=O) groups excluding carboxylic acids is 2. The first-order valence-corrected chi connectivity index (χ1v) is 16.6. The van der Waals surface area contributed by atoms with Gasteiger partial charge in [-0.3, -0.25) is 13.9 Å². The van der Waals surface area contributed by atoms with Crippen molar-refractivity contribution in [1.82, 2.24) is 10.2 Å². The van der Waals surface area contributed by atoms with E-state index in [1.807, 2.05) is 94.4 Å². The van der Waals surface area contributed by atoms with Gasteiger partial charge in [0.05, 0.1) is 11.9 Å². The van der Waals surface area contributed by atoms with Crippen LogP contribution in [0.3, 0.4) is 0 Å². The Labute approximate surface area is 252 Å². The van der Waals surface area contributed by atoms with Crippen LogP contribution in [0.15, 0.2) is 78.9 Å². The maximum Gasteiger partial charge on any atom is 0.243 e. The lowest BCUT2D eigenvalue weighted by molar-refractivity contribution is -0.141. The highest BCUT2D eigenvalue weighted by molar-refractivity contribution is 7.92. The predicted molar refractivity (Wildman–Crippen MR) is 171 cm³/mol. The highest BCUT2D eigenvalue weighted by Gasteiger charge is 2.31. The summed E-state index contributed by atoms with van der Waals surface area (Å²) in [5, 5.41) is 3.09. The molecule has 0 aliphatic carbocycles. The predicted octanol–water partition coefficient (Wildman–Crippen LogP) is 5.66. The van der Waals surface area contributed by atoms with Crippen molar-refractivity contribution in [2.24, 2.45) is 0 Å². The molecule has 2 amide bonds. The number of hydrogen-bond acceptors (Lipinski definition) is 4. The summed E-state index contributed by atoms with van der Waals surface area (Å²) in [6.07, 6.45) is 3.61. The van der Waals surface area contributed by atoms with Gasteiger partial charge in [-0.2, -0.15) is 0 Å². The Hall–Kier alpha value is -3.65. The molecule has 0 unspecified atom stereocenters. The second-order valence-corrected chi connectivity index (χ2v) is 12.8. The van der Waals surface area contributed by atoms with E-state index >= 15 is 0 Å². The molecule has 0 aromatic heterocycles. The molecule has 0 bridgehead atoms. The molecule has 3 rings (SSSR count). The molecule has 0 heterocycles. The molecule has 0 spiro atoms. The molecule has 42 heavy (non-hydrogen) atoms. The molecule has 2 atom stereocenters. The number of rotatable bonds is 15. The SMILES string of the molecule is CCc1ccc(N(CCCC(=O)N(Cc2ccccc2C)[C@H](Cc2ccccc2)C(=O)N[C@@H](C)CC)S(C)(=O)=O)cc1. The molecule has 0 fully saturated rings. The minimum atomic E-state index is -3.55. The molecule has 3 aromatic carbocycles. The standard InChI is InChI=1S/C34H45N3O4S/c1-6-27(4)35-34(39)32(24-29-15-9-8-10-16-29)36(25-30-17-12-11-14-26(30)3)33(38)18-13-23-37(42(5,40)41)31-21-19-28(7-2)20-22-31/h8-12,14-17,19-22,27,32H,6-7,13,18,23-25H2,1-5H3,(H,35,39)/t27-,32+/m0/s1. The summed E-state index contributed by atoms with van der Waals surface area (Å²) in [6, 6.07) is 24.3. The lowest BCUT2D eigenvalue weighted by Crippen LogP contribution is -2.52. The summed E-state index contributed by atoms with van der Waals surface area (Å²) in [7, 11) is -3.55. The van der Waals surface area contributed by atoms with E-state index in [0.717, 1.165) is 35.1 Å². The molecule has 0 saturated carbocycles. The fourth-order valence-corrected chi connectivity index (χ4v) is 5.83. The summed E-state index contributed by atoms with van der Waals surface area (Å²) in [5.74, 6) is -0.378. The number of amides is 2. The van der Waals surface area contributed by atoms with Crippen molar-refractivity contribution in [3.05, 3.63) is 101 Å². The van der Waals surface area contributed by atoms with E-state index in [1.165, 1.54) is 10.6 Å². The average Bonchev–Trinajstić information content (AvgIpc) is 2.97. The van der Waals surface area contributed by atoms with Crippen LogP contribution in [0.2, 0.25) is 0 Å². The van der Waals surface area contributed by atoms with Gasteiger partial charge in [0.15, 0.2) is 0 Å². The molecule has 7 nitrogen and oxygen atoms in total. The van der Waals surface area contributed by atoms with Gasteiger partial charge in [-0.25, -0.2) is 8.42 Å². The van der Waals surface area contributed by atoms with Gasteiger partial charge in [0.25, 0.3) is 0 Å². The molecule has 0 saturated heterocycles. The fourth-order valence-electron chi connectivity index (χ4n) is 4.87. The third-order valence-electron chi connectivity index (χ3n) is 7.66. The summed E-state index contributed by atoms with van der Waals surface area (Å²) in [6.45, 7) is 8.46. The Balaban J connectivity index is 1.89. The van der Waals surface area contributed by atoms with Crippen molar-refractivity contribution < 1.29 is 18.0 Å². The van der Waals surface area contributed by atoms with Crippen LogP contribution < -0.4 is 9.62 Å². The van der Waals surface area contributed by atoms with Crippen molar-refractivity contribution >= 4 is 27.5 Å². The molecule has 0 aliphatic rings. The topological polar surface area (TPSA) is 86.8 Å². The second kappa shape index (κ2) is 15.5. The zero-order valence-corrected chi connectivity index (χ0v) is 26.4. The summed E-state index contributed by atoms with van der Waals surface area (Å²) >= 11 is 0. The van der Waals surface area contributed by atoms with Crippen LogP contribution in [-0.2, 0) is 39.0 Å². The van der Waals surface area contributed by atoms with Gasteiger partial charge in [0, 0.05) is 32.0 Å². The van der Waals surface area contributed by atoms with E-state index in [9.17, 15) is 18.0 Å². The Morgan fingerprint density at radius 3 is 2.12 bits per heavy atom. The van der Waals surface area contributed by atoms with Crippen LogP contribution in [0.5, 0.6) is 0 Å². The van der Waals surface area contributed by atoms with Gasteiger partial charge in [0.1, 0.15) is 6.04 Å². The molecule has 226 valence electrons. The molecular formula is C34H45N3O4S. The molecule has 1 N–H and O–H groups in total. The number of hydrogen-bond donors (Lipinski definition) is 1. The average molecular weight is 592 g/mol. The number of benzene rings is 3. The Morgan fingerprint density at radius 2 is 1.52 bits per heavy atom. The van der Waals surface area contributed by atoms with E-state index in [-0.39, 0.29) is 37.4 Å². The van der Waals surface area contributed by atoms with Gasteiger partial charge in [-0.15, -0.1) is 0 Å². The molecule has 0 radical (unpaired) electrons. The van der Waals surface area contributed by atoms with E-state index in [4.69, 9.17) is 0 Å². The monoisotopic (exact) mass is 591 g/mol. The zero-order valence-electron chi connectivity index (χ0n) is 25.5. The Kier molecular flexibility index (Phi) is 12.2. The van der Waals surface area contributed by atoms with Crippen molar-refractivity contribution in [1.29, 1.82) is 0 Å². The number of nitrogens with one attached hydrogen (secondary N) is 1. The number of carbonyl (C=O) groups is 2. The first kappa shape index (κ1) is 32.9. The summed E-state index contributed by atoms with van der Waals surface area (Å²) in [4.78, 5) is 29.4. The summed E-state index contributed by atoms with van der Waals surface area (Å²) < 4.78 is 26.7. The highest BCUT2D eigenvalue weighted by Crippen LogP contribution is 2.22. The maximum absolute atomic E-state index is 14.0. The minimum Gasteiger partial charge on any atom is -0.352 e. The van der Waals surface area contributed by atoms with E-state index in [1.54, 1.807) is 17.0 Å². The third kappa shape index (κ3) is 9.44. The van der Waals surface area contributed by atoms with Gasteiger partial charge in [0.2, 0.25) is 21.8 Å². The lowest BCUT2D eigenvalue weighted by atomic mass is 10.0. The second-order valence-electron chi connectivity index (χ2n) is 10.9. The Morgan fingerprint density at radius 1 is 0.881 bits per heavy atom. The minimum absolute atomic E-state index is 0.0337. The molecule has 0 aliphatic heterocycles. The molecular weight excluding hydrogens is 546 g/mol. The largest absolute Gasteiger partial charge is 0.352 e. The lowest BCUT2D eigenvalue weighted by Gasteiger charge is -2.33. The Bertz CT molecular complexity index is 1410. The van der Waals surface area contributed by atoms with Crippen LogP contribution in [0.1, 0.15) is 62.3 Å². The van der Waals surface area contributed by atoms with E-state index in [2.05, 4.69) is 5.32 Å². The number of nitrogens with zero attached hydrogens (tertiary/aromatic N) is 2. The third-order valence-corrected chi connectivity index (χ3v) is 8.85. The van der Waals surface area contributed by atoms with E-state index in [0.29, 0.717) is 18.5 Å². The molecule has 3 aromatic rings.